The number of carbonyl (C=O) groups is 4. The predicted molar refractivity (Wildman–Crippen MR) is 60.8 cm³/mol. The van der Waals surface area contributed by atoms with E-state index in [1.54, 1.807) is 0 Å². The molecule has 0 heterocycles. The Morgan fingerprint density at radius 3 is 2.28 bits per heavy atom. The summed E-state index contributed by atoms with van der Waals surface area (Å²) in [6.07, 6.45) is 0. The number of rotatable bonds is 6. The van der Waals surface area contributed by atoms with E-state index >= 15 is 0 Å². The molecule has 2 N–H and O–H groups in total. The molecule has 0 aliphatic rings. The number of thioether (sulfide) groups is 1. The van der Waals surface area contributed by atoms with E-state index < -0.39 is 36.0 Å². The largest absolute Gasteiger partial charge is 0.480 e. The Bertz CT molecular complexity index is 344. The fraction of sp³-hybridized carbons (Fsp3) is 0.556. The first kappa shape index (κ1) is 16.2. The van der Waals surface area contributed by atoms with Crippen LogP contribution in [0.4, 0.5) is 4.79 Å². The number of hydrogen-bond acceptors (Lipinski definition) is 7. The van der Waals surface area contributed by atoms with Crippen molar-refractivity contribution in [1.82, 2.24) is 5.32 Å². The Hall–Kier alpha value is -1.77. The van der Waals surface area contributed by atoms with Gasteiger partial charge in [0.15, 0.2) is 0 Å². The second-order valence-electron chi connectivity index (χ2n) is 3.05. The highest BCUT2D eigenvalue weighted by Crippen LogP contribution is 2.08. The van der Waals surface area contributed by atoms with E-state index in [1.165, 1.54) is 6.92 Å². The first-order valence-corrected chi connectivity index (χ1v) is 5.74. The molecule has 8 nitrogen and oxygen atoms in total. The van der Waals surface area contributed by atoms with Crippen LogP contribution in [0.15, 0.2) is 0 Å². The standard InChI is InChI=1S/C9H13NO7S/c1-5(11)10-7(8(13)14)3-18-9(15)17-4-16-6(2)12/h7H,3-4H2,1-2H3,(H,10,11)(H,13,14)/t7-/m0/s1. The van der Waals surface area contributed by atoms with Gasteiger partial charge in [-0.05, 0) is 11.8 Å². The molecule has 0 rings (SSSR count). The number of esters is 1. The zero-order valence-electron chi connectivity index (χ0n) is 9.80. The minimum atomic E-state index is -1.26. The fourth-order valence-electron chi connectivity index (χ4n) is 0.774. The summed E-state index contributed by atoms with van der Waals surface area (Å²) < 4.78 is 8.81. The molecule has 102 valence electrons. The number of amides is 1. The predicted octanol–water partition coefficient (Wildman–Crippen LogP) is -0.0339. The van der Waals surface area contributed by atoms with Crippen LogP contribution >= 0.6 is 11.8 Å². The van der Waals surface area contributed by atoms with Crippen LogP contribution in [0, 0.1) is 0 Å². The van der Waals surface area contributed by atoms with Gasteiger partial charge in [-0.3, -0.25) is 9.59 Å². The Morgan fingerprint density at radius 2 is 1.83 bits per heavy atom. The van der Waals surface area contributed by atoms with Crippen molar-refractivity contribution in [1.29, 1.82) is 0 Å². The topological polar surface area (TPSA) is 119 Å². The maximum Gasteiger partial charge on any atom is 0.370 e. The highest BCUT2D eigenvalue weighted by atomic mass is 32.2. The van der Waals surface area contributed by atoms with Crippen molar-refractivity contribution in [2.75, 3.05) is 12.5 Å². The lowest BCUT2D eigenvalue weighted by molar-refractivity contribution is -0.148. The quantitative estimate of drug-likeness (QED) is 0.513. The zero-order valence-corrected chi connectivity index (χ0v) is 10.6. The number of ether oxygens (including phenoxy) is 2. The van der Waals surface area contributed by atoms with Gasteiger partial charge >= 0.3 is 17.2 Å². The first-order chi connectivity index (χ1) is 8.32. The summed E-state index contributed by atoms with van der Waals surface area (Å²) in [4.78, 5) is 42.8. The maximum atomic E-state index is 11.1. The van der Waals surface area contributed by atoms with Gasteiger partial charge in [-0.1, -0.05) is 0 Å². The summed E-state index contributed by atoms with van der Waals surface area (Å²) in [7, 11) is 0. The molecule has 18 heavy (non-hydrogen) atoms. The van der Waals surface area contributed by atoms with Crippen LogP contribution in [0.3, 0.4) is 0 Å². The molecule has 9 heteroatoms. The Balaban J connectivity index is 3.96. The van der Waals surface area contributed by atoms with Crippen molar-refractivity contribution >= 4 is 34.9 Å². The lowest BCUT2D eigenvalue weighted by atomic mass is 10.3. The van der Waals surface area contributed by atoms with Crippen LogP contribution in [0.5, 0.6) is 0 Å². The third-order valence-corrected chi connectivity index (χ3v) is 2.34. The van der Waals surface area contributed by atoms with Gasteiger partial charge in [0.1, 0.15) is 6.04 Å². The van der Waals surface area contributed by atoms with E-state index in [2.05, 4.69) is 14.8 Å². The molecule has 0 aromatic rings. The Labute approximate surface area is 107 Å². The van der Waals surface area contributed by atoms with Crippen LogP contribution in [0.1, 0.15) is 13.8 Å². The lowest BCUT2D eigenvalue weighted by Gasteiger charge is -2.11. The highest BCUT2D eigenvalue weighted by molar-refractivity contribution is 8.13. The molecular weight excluding hydrogens is 266 g/mol. The van der Waals surface area contributed by atoms with Crippen LogP contribution in [0.2, 0.25) is 0 Å². The van der Waals surface area contributed by atoms with Crippen molar-refractivity contribution in [3.8, 4) is 0 Å². The van der Waals surface area contributed by atoms with Crippen molar-refractivity contribution in [3.63, 3.8) is 0 Å². The summed E-state index contributed by atoms with van der Waals surface area (Å²) in [5, 5.41) is 10.1. The summed E-state index contributed by atoms with van der Waals surface area (Å²) in [5.74, 6) is -2.57. The van der Waals surface area contributed by atoms with Gasteiger partial charge in [-0.25, -0.2) is 9.59 Å². The number of hydrogen-bond donors (Lipinski definition) is 2. The molecule has 0 aromatic heterocycles. The number of nitrogens with one attached hydrogen (secondary N) is 1. The van der Waals surface area contributed by atoms with Crippen molar-refractivity contribution in [3.05, 3.63) is 0 Å². The monoisotopic (exact) mass is 279 g/mol. The molecule has 0 unspecified atom stereocenters. The van der Waals surface area contributed by atoms with E-state index in [0.717, 1.165) is 6.92 Å². The number of aliphatic carboxylic acids is 1. The molecule has 0 radical (unpaired) electrons. The average molecular weight is 279 g/mol. The number of carboxylic acid groups (broad SMARTS) is 1. The minimum absolute atomic E-state index is 0.187. The third kappa shape index (κ3) is 8.39. The zero-order chi connectivity index (χ0) is 14.1. The SMILES string of the molecule is CC(=O)N[C@@H](CSC(=O)OCOC(C)=O)C(=O)O. The van der Waals surface area contributed by atoms with Crippen LogP contribution in [-0.2, 0) is 23.9 Å². The smallest absolute Gasteiger partial charge is 0.370 e. The second kappa shape index (κ2) is 8.34. The fourth-order valence-corrected chi connectivity index (χ4v) is 1.43. The van der Waals surface area contributed by atoms with Crippen LogP contribution < -0.4 is 5.32 Å². The molecule has 1 atom stereocenters. The first-order valence-electron chi connectivity index (χ1n) is 4.75. The maximum absolute atomic E-state index is 11.1. The van der Waals surface area contributed by atoms with Gasteiger partial charge in [0, 0.05) is 19.6 Å². The summed E-state index contributed by atoms with van der Waals surface area (Å²) in [6.45, 7) is 1.79. The van der Waals surface area contributed by atoms with Gasteiger partial charge in [0.25, 0.3) is 0 Å². The van der Waals surface area contributed by atoms with Gasteiger partial charge in [-0.15, -0.1) is 0 Å². The number of carbonyl (C=O) groups excluding carboxylic acids is 3. The molecular formula is C9H13NO7S. The molecule has 0 saturated heterocycles. The van der Waals surface area contributed by atoms with Crippen molar-refractivity contribution in [2.45, 2.75) is 19.9 Å². The van der Waals surface area contributed by atoms with E-state index in [4.69, 9.17) is 5.11 Å². The Kier molecular flexibility index (Phi) is 7.52. The molecule has 0 bridgehead atoms. The molecule has 1 amide bonds. The van der Waals surface area contributed by atoms with Gasteiger partial charge in [0.2, 0.25) is 12.7 Å². The van der Waals surface area contributed by atoms with Gasteiger partial charge in [0.05, 0.1) is 0 Å². The van der Waals surface area contributed by atoms with E-state index in [1.807, 2.05) is 0 Å². The minimum Gasteiger partial charge on any atom is -0.480 e. The van der Waals surface area contributed by atoms with Crippen LogP contribution in [0.25, 0.3) is 0 Å². The molecule has 0 aliphatic carbocycles. The van der Waals surface area contributed by atoms with E-state index in [-0.39, 0.29) is 5.75 Å². The van der Waals surface area contributed by atoms with Gasteiger partial charge in [-0.2, -0.15) is 0 Å². The summed E-state index contributed by atoms with van der Waals surface area (Å²) in [5.41, 5.74) is 0. The molecule has 0 fully saturated rings. The third-order valence-electron chi connectivity index (χ3n) is 1.48. The summed E-state index contributed by atoms with van der Waals surface area (Å²) >= 11 is 0.559. The molecule has 0 saturated carbocycles. The van der Waals surface area contributed by atoms with Crippen molar-refractivity contribution < 1.29 is 33.8 Å². The molecule has 0 aliphatic heterocycles. The average Bonchev–Trinajstić information content (AvgIpc) is 2.22. The van der Waals surface area contributed by atoms with Crippen molar-refractivity contribution in [2.24, 2.45) is 0 Å². The molecule has 0 spiro atoms. The highest BCUT2D eigenvalue weighted by Gasteiger charge is 2.20. The normalized spacial score (nSPS) is 11.2. The van der Waals surface area contributed by atoms with E-state index in [9.17, 15) is 19.2 Å². The summed E-state index contributed by atoms with van der Waals surface area (Å²) in [6, 6.07) is -1.19. The van der Waals surface area contributed by atoms with E-state index in [0.29, 0.717) is 11.8 Å². The molecule has 0 aromatic carbocycles. The lowest BCUT2D eigenvalue weighted by Crippen LogP contribution is -2.41. The van der Waals surface area contributed by atoms with Gasteiger partial charge < -0.3 is 19.9 Å². The van der Waals surface area contributed by atoms with Crippen LogP contribution in [-0.4, -0.2) is 46.8 Å². The number of carboxylic acids is 1. The Morgan fingerprint density at radius 1 is 1.22 bits per heavy atom. The second-order valence-corrected chi connectivity index (χ2v) is 4.01.